The molecule has 25 heavy (non-hydrogen) atoms. The quantitative estimate of drug-likeness (QED) is 0.858. The van der Waals surface area contributed by atoms with Crippen LogP contribution < -0.4 is 0 Å². The summed E-state index contributed by atoms with van der Waals surface area (Å²) in [4.78, 5) is 13.4. The summed E-state index contributed by atoms with van der Waals surface area (Å²) in [6.45, 7) is 3.11. The van der Waals surface area contributed by atoms with Gasteiger partial charge >= 0.3 is 6.18 Å². The molecule has 2 aromatic rings. The highest BCUT2D eigenvalue weighted by Gasteiger charge is 2.72. The Labute approximate surface area is 143 Å². The third-order valence-corrected chi connectivity index (χ3v) is 4.80. The van der Waals surface area contributed by atoms with Crippen LogP contribution in [0.2, 0.25) is 0 Å². The molecule has 132 valence electrons. The highest BCUT2D eigenvalue weighted by atomic mass is 19.4. The minimum Gasteiger partial charge on any atom is -0.373 e. The molecular weight excluding hydrogens is 331 g/mol. The van der Waals surface area contributed by atoms with E-state index >= 15 is 0 Å². The van der Waals surface area contributed by atoms with E-state index in [0.29, 0.717) is 11.1 Å². The highest BCUT2D eigenvalue weighted by molar-refractivity contribution is 5.95. The predicted octanol–water partition coefficient (Wildman–Crippen LogP) is 3.72. The Morgan fingerprint density at radius 1 is 1.08 bits per heavy atom. The summed E-state index contributed by atoms with van der Waals surface area (Å²) in [5.41, 5.74) is -1.57. The average molecular weight is 349 g/mol. The number of aliphatic hydroxyl groups is 1. The van der Waals surface area contributed by atoms with Crippen LogP contribution >= 0.6 is 0 Å². The highest BCUT2D eigenvalue weighted by Crippen LogP contribution is 2.51. The Morgan fingerprint density at radius 3 is 2.20 bits per heavy atom. The number of hydrogen-bond donors (Lipinski definition) is 1. The lowest BCUT2D eigenvalue weighted by atomic mass is 9.73. The summed E-state index contributed by atoms with van der Waals surface area (Å²) < 4.78 is 41.3. The van der Waals surface area contributed by atoms with Gasteiger partial charge in [-0.2, -0.15) is 13.2 Å². The zero-order chi connectivity index (χ0) is 18.4. The molecule has 1 N–H and O–H groups in total. The minimum atomic E-state index is -4.76. The summed E-state index contributed by atoms with van der Waals surface area (Å²) >= 11 is 0. The molecule has 0 aromatic heterocycles. The van der Waals surface area contributed by atoms with Crippen molar-refractivity contribution >= 4 is 5.91 Å². The van der Waals surface area contributed by atoms with Gasteiger partial charge in [-0.3, -0.25) is 4.79 Å². The fourth-order valence-corrected chi connectivity index (χ4v) is 3.52. The fourth-order valence-electron chi connectivity index (χ4n) is 3.52. The van der Waals surface area contributed by atoms with Crippen molar-refractivity contribution in [2.24, 2.45) is 0 Å². The van der Waals surface area contributed by atoms with Crippen LogP contribution in [0.4, 0.5) is 13.2 Å². The van der Waals surface area contributed by atoms with Gasteiger partial charge in [-0.1, -0.05) is 54.6 Å². The van der Waals surface area contributed by atoms with Crippen LogP contribution in [0.3, 0.4) is 0 Å². The molecule has 2 aromatic carbocycles. The molecule has 0 unspecified atom stereocenters. The van der Waals surface area contributed by atoms with Crippen LogP contribution in [0.15, 0.2) is 54.6 Å². The van der Waals surface area contributed by atoms with Gasteiger partial charge in [0.1, 0.15) is 0 Å². The van der Waals surface area contributed by atoms with Crippen molar-refractivity contribution in [2.75, 3.05) is 0 Å². The van der Waals surface area contributed by atoms with E-state index in [-0.39, 0.29) is 5.56 Å². The summed E-state index contributed by atoms with van der Waals surface area (Å²) in [5, 5.41) is 10.8. The maximum Gasteiger partial charge on any atom is 0.412 e. The van der Waals surface area contributed by atoms with Crippen molar-refractivity contribution in [1.82, 2.24) is 4.90 Å². The van der Waals surface area contributed by atoms with Crippen molar-refractivity contribution < 1.29 is 23.1 Å². The van der Waals surface area contributed by atoms with Crippen LogP contribution in [-0.4, -0.2) is 28.1 Å². The topological polar surface area (TPSA) is 40.5 Å². The van der Waals surface area contributed by atoms with E-state index in [9.17, 15) is 23.1 Å². The maximum atomic E-state index is 13.8. The summed E-state index contributed by atoms with van der Waals surface area (Å²) in [6, 6.07) is 11.5. The Bertz CT molecular complexity index is 791. The predicted molar refractivity (Wildman–Crippen MR) is 86.6 cm³/mol. The van der Waals surface area contributed by atoms with E-state index in [0.717, 1.165) is 4.90 Å². The average Bonchev–Trinajstić information content (AvgIpc) is 2.58. The van der Waals surface area contributed by atoms with Crippen LogP contribution in [0, 0.1) is 6.92 Å². The van der Waals surface area contributed by atoms with Crippen molar-refractivity contribution in [3.05, 3.63) is 71.3 Å². The monoisotopic (exact) mass is 349 g/mol. The number of hydrogen-bond acceptors (Lipinski definition) is 2. The van der Waals surface area contributed by atoms with Crippen molar-refractivity contribution in [2.45, 2.75) is 37.7 Å². The van der Waals surface area contributed by atoms with Gasteiger partial charge in [0.15, 0.2) is 11.6 Å². The van der Waals surface area contributed by atoms with E-state index in [1.54, 1.807) is 49.4 Å². The third kappa shape index (κ3) is 2.61. The second kappa shape index (κ2) is 5.88. The van der Waals surface area contributed by atoms with Gasteiger partial charge in [0.2, 0.25) is 0 Å². The van der Waals surface area contributed by atoms with Gasteiger partial charge in [-0.15, -0.1) is 0 Å². The number of likely N-dealkylation sites (tertiary alicyclic amines) is 1. The molecule has 1 amide bonds. The molecule has 0 spiro atoms. The molecule has 6 heteroatoms. The molecule has 1 saturated heterocycles. The zero-order valence-corrected chi connectivity index (χ0v) is 13.8. The van der Waals surface area contributed by atoms with Gasteiger partial charge in [0.25, 0.3) is 5.91 Å². The first-order valence-corrected chi connectivity index (χ1v) is 7.92. The van der Waals surface area contributed by atoms with E-state index in [2.05, 4.69) is 0 Å². The molecule has 0 aliphatic carbocycles. The number of nitrogens with zero attached hydrogens (tertiary/aromatic N) is 1. The first-order chi connectivity index (χ1) is 11.7. The van der Waals surface area contributed by atoms with Crippen molar-refractivity contribution in [3.63, 3.8) is 0 Å². The van der Waals surface area contributed by atoms with E-state index in [1.165, 1.54) is 19.1 Å². The lowest BCUT2D eigenvalue weighted by Gasteiger charge is -2.55. The molecule has 1 aliphatic heterocycles. The van der Waals surface area contributed by atoms with Crippen LogP contribution in [0.1, 0.15) is 29.7 Å². The van der Waals surface area contributed by atoms with Crippen molar-refractivity contribution in [3.8, 4) is 0 Å². The summed E-state index contributed by atoms with van der Waals surface area (Å²) in [6.07, 6.45) is -4.76. The Balaban J connectivity index is 2.06. The number of halogens is 3. The van der Waals surface area contributed by atoms with Gasteiger partial charge in [-0.05, 0) is 30.5 Å². The fraction of sp³-hybridized carbons (Fsp3) is 0.316. The number of carbonyl (C=O) groups is 1. The number of carbonyl (C=O) groups excluding carboxylic acids is 1. The molecular formula is C19H18F3NO2. The normalized spacial score (nSPS) is 24.8. The molecule has 3 atom stereocenters. The number of aryl methyl sites for hydroxylation is 1. The molecule has 0 bridgehead atoms. The Kier molecular flexibility index (Phi) is 4.11. The smallest absolute Gasteiger partial charge is 0.373 e. The Hall–Kier alpha value is -2.34. The standard InChI is InChI=1S/C19H18F3NO2/c1-12-8-6-7-11-15(12)18(25)16(19(20,21)22)23(17(18)24)13(2)14-9-4-3-5-10-14/h3-11,13,16,25H,1-2H3/t13-,16+,18+/m0/s1. The summed E-state index contributed by atoms with van der Waals surface area (Å²) in [7, 11) is 0. The second-order valence-electron chi connectivity index (χ2n) is 6.32. The zero-order valence-electron chi connectivity index (χ0n) is 13.8. The third-order valence-electron chi connectivity index (χ3n) is 4.80. The van der Waals surface area contributed by atoms with Gasteiger partial charge in [0, 0.05) is 0 Å². The summed E-state index contributed by atoms with van der Waals surface area (Å²) in [5.74, 6) is -0.930. The number of benzene rings is 2. The van der Waals surface area contributed by atoms with E-state index in [1.807, 2.05) is 0 Å². The van der Waals surface area contributed by atoms with Crippen LogP contribution in [-0.2, 0) is 10.4 Å². The number of β-lactam (4-membered cyclic amide) rings is 1. The van der Waals surface area contributed by atoms with Gasteiger partial charge in [0.05, 0.1) is 6.04 Å². The molecule has 1 fully saturated rings. The number of rotatable bonds is 3. The molecule has 3 nitrogen and oxygen atoms in total. The molecule has 3 rings (SSSR count). The SMILES string of the molecule is Cc1ccccc1[C@]1(O)C(=O)N([C@@H](C)c2ccccc2)[C@H]1C(F)(F)F. The largest absolute Gasteiger partial charge is 0.412 e. The first-order valence-electron chi connectivity index (χ1n) is 7.92. The first kappa shape index (κ1) is 17.5. The second-order valence-corrected chi connectivity index (χ2v) is 6.32. The van der Waals surface area contributed by atoms with Crippen LogP contribution in [0.25, 0.3) is 0 Å². The number of alkyl halides is 3. The lowest BCUT2D eigenvalue weighted by Crippen LogP contribution is -2.76. The molecule has 0 saturated carbocycles. The lowest BCUT2D eigenvalue weighted by molar-refractivity contribution is -0.279. The van der Waals surface area contributed by atoms with Crippen molar-refractivity contribution in [1.29, 1.82) is 0 Å². The van der Waals surface area contributed by atoms with E-state index < -0.39 is 29.8 Å². The van der Waals surface area contributed by atoms with Gasteiger partial charge < -0.3 is 10.0 Å². The number of amides is 1. The van der Waals surface area contributed by atoms with Gasteiger partial charge in [-0.25, -0.2) is 0 Å². The minimum absolute atomic E-state index is 0.00108. The molecule has 1 heterocycles. The molecule has 1 aliphatic rings. The van der Waals surface area contributed by atoms with E-state index in [4.69, 9.17) is 0 Å². The molecule has 0 radical (unpaired) electrons. The van der Waals surface area contributed by atoms with Crippen LogP contribution in [0.5, 0.6) is 0 Å². The maximum absolute atomic E-state index is 13.8. The Morgan fingerprint density at radius 2 is 1.64 bits per heavy atom.